The minimum Gasteiger partial charge on any atom is -0.352 e. The predicted octanol–water partition coefficient (Wildman–Crippen LogP) is 2.79. The van der Waals surface area contributed by atoms with E-state index in [9.17, 15) is 9.59 Å². The minimum absolute atomic E-state index is 0.0391. The van der Waals surface area contributed by atoms with E-state index in [2.05, 4.69) is 10.3 Å². The van der Waals surface area contributed by atoms with Gasteiger partial charge in [0.2, 0.25) is 5.91 Å². The van der Waals surface area contributed by atoms with Crippen LogP contribution in [0.2, 0.25) is 0 Å². The maximum absolute atomic E-state index is 11.9. The number of hydrogen-bond acceptors (Lipinski definition) is 3. The molecule has 22 heavy (non-hydrogen) atoms. The van der Waals surface area contributed by atoms with Crippen molar-refractivity contribution in [2.75, 3.05) is 5.75 Å². The lowest BCUT2D eigenvalue weighted by Gasteiger charge is -2.08. The molecule has 1 aromatic carbocycles. The topological polar surface area (TPSA) is 62.0 Å². The van der Waals surface area contributed by atoms with E-state index in [1.165, 1.54) is 0 Å². The van der Waals surface area contributed by atoms with E-state index in [0.29, 0.717) is 12.0 Å². The summed E-state index contributed by atoms with van der Waals surface area (Å²) < 4.78 is 0. The number of thioether (sulfide) groups is 1. The number of nitrogens with one attached hydrogen (secondary N) is 2. The molecule has 0 unspecified atom stereocenters. The zero-order chi connectivity index (χ0) is 15.9. The molecule has 0 fully saturated rings. The summed E-state index contributed by atoms with van der Waals surface area (Å²) in [4.78, 5) is 27.6. The third-order valence-electron chi connectivity index (χ3n) is 3.30. The van der Waals surface area contributed by atoms with Crippen LogP contribution in [0.25, 0.3) is 0 Å². The molecule has 5 heteroatoms. The molecule has 2 N–H and O–H groups in total. The lowest BCUT2D eigenvalue weighted by molar-refractivity contribution is -0.120. The quantitative estimate of drug-likeness (QED) is 0.806. The summed E-state index contributed by atoms with van der Waals surface area (Å²) in [6.07, 6.45) is 0.433. The third-order valence-corrected chi connectivity index (χ3v) is 4.31. The Balaban J connectivity index is 1.80. The average Bonchev–Trinajstić information content (AvgIpc) is 2.47. The Bertz CT molecular complexity index is 696. The number of aromatic nitrogens is 1. The van der Waals surface area contributed by atoms with Gasteiger partial charge in [-0.05, 0) is 37.6 Å². The van der Waals surface area contributed by atoms with E-state index < -0.39 is 0 Å². The van der Waals surface area contributed by atoms with Crippen LogP contribution < -0.4 is 10.9 Å². The number of aryl methyl sites for hydroxylation is 2. The first-order chi connectivity index (χ1) is 10.6. The standard InChI is InChI=1S/C17H20N2O2S/c1-12-10-13(2)19-17(21)15(12)11-18-16(20)8-9-22-14-6-4-3-5-7-14/h3-7,10H,8-9,11H2,1-2H3,(H,18,20)(H,19,21). The van der Waals surface area contributed by atoms with Crippen LogP contribution in [0.5, 0.6) is 0 Å². The molecule has 2 aromatic rings. The van der Waals surface area contributed by atoms with Crippen LogP contribution >= 0.6 is 11.8 Å². The number of amides is 1. The number of benzene rings is 1. The molecular formula is C17H20N2O2S. The SMILES string of the molecule is Cc1cc(C)c(CNC(=O)CCSc2ccccc2)c(=O)[nH]1. The highest BCUT2D eigenvalue weighted by Gasteiger charge is 2.07. The fraction of sp³-hybridized carbons (Fsp3) is 0.294. The van der Waals surface area contributed by atoms with Gasteiger partial charge in [0.1, 0.15) is 0 Å². The molecule has 1 aromatic heterocycles. The Morgan fingerprint density at radius 1 is 1.23 bits per heavy atom. The Hall–Kier alpha value is -2.01. The maximum atomic E-state index is 11.9. The van der Waals surface area contributed by atoms with Gasteiger partial charge in [-0.1, -0.05) is 18.2 Å². The Morgan fingerprint density at radius 2 is 1.95 bits per heavy atom. The number of carbonyl (C=O) groups is 1. The summed E-state index contributed by atoms with van der Waals surface area (Å²) in [7, 11) is 0. The zero-order valence-corrected chi connectivity index (χ0v) is 13.6. The first-order valence-electron chi connectivity index (χ1n) is 7.20. The molecule has 0 radical (unpaired) electrons. The number of H-pyrrole nitrogens is 1. The molecule has 0 aliphatic carbocycles. The summed E-state index contributed by atoms with van der Waals surface area (Å²) in [5.74, 6) is 0.682. The van der Waals surface area contributed by atoms with Gasteiger partial charge in [-0.15, -0.1) is 11.8 Å². The van der Waals surface area contributed by atoms with Crippen molar-refractivity contribution in [1.29, 1.82) is 0 Å². The fourth-order valence-electron chi connectivity index (χ4n) is 2.15. The minimum atomic E-state index is -0.128. The molecule has 0 saturated heterocycles. The summed E-state index contributed by atoms with van der Waals surface area (Å²) in [5, 5.41) is 2.81. The molecule has 0 aliphatic heterocycles. The van der Waals surface area contributed by atoms with Crippen molar-refractivity contribution in [2.45, 2.75) is 31.7 Å². The van der Waals surface area contributed by atoms with Crippen molar-refractivity contribution in [2.24, 2.45) is 0 Å². The van der Waals surface area contributed by atoms with E-state index in [0.717, 1.165) is 21.9 Å². The number of aromatic amines is 1. The van der Waals surface area contributed by atoms with Crippen molar-refractivity contribution in [1.82, 2.24) is 10.3 Å². The summed E-state index contributed by atoms with van der Waals surface area (Å²) >= 11 is 1.65. The van der Waals surface area contributed by atoms with Crippen molar-refractivity contribution in [3.8, 4) is 0 Å². The van der Waals surface area contributed by atoms with Crippen LogP contribution in [0.1, 0.15) is 23.2 Å². The predicted molar refractivity (Wildman–Crippen MR) is 90.2 cm³/mol. The molecule has 0 atom stereocenters. The van der Waals surface area contributed by atoms with Crippen molar-refractivity contribution in [3.05, 3.63) is 63.6 Å². The van der Waals surface area contributed by atoms with Crippen LogP contribution in [0.4, 0.5) is 0 Å². The summed E-state index contributed by atoms with van der Waals surface area (Å²) in [6.45, 7) is 4.00. The fourth-order valence-corrected chi connectivity index (χ4v) is 3.03. The molecule has 0 aliphatic rings. The smallest absolute Gasteiger partial charge is 0.253 e. The Labute approximate surface area is 134 Å². The van der Waals surface area contributed by atoms with E-state index in [4.69, 9.17) is 0 Å². The van der Waals surface area contributed by atoms with Crippen LogP contribution in [0.15, 0.2) is 46.1 Å². The van der Waals surface area contributed by atoms with E-state index in [1.54, 1.807) is 11.8 Å². The number of rotatable bonds is 6. The van der Waals surface area contributed by atoms with Crippen LogP contribution in [-0.4, -0.2) is 16.6 Å². The highest BCUT2D eigenvalue weighted by Crippen LogP contribution is 2.17. The number of hydrogen-bond donors (Lipinski definition) is 2. The molecule has 0 spiro atoms. The first-order valence-corrected chi connectivity index (χ1v) is 8.19. The molecule has 0 bridgehead atoms. The van der Waals surface area contributed by atoms with Crippen LogP contribution in [0, 0.1) is 13.8 Å². The average molecular weight is 316 g/mol. The molecule has 1 amide bonds. The van der Waals surface area contributed by atoms with Gasteiger partial charge in [0.15, 0.2) is 0 Å². The Kier molecular flexibility index (Phi) is 5.83. The lowest BCUT2D eigenvalue weighted by Crippen LogP contribution is -2.28. The lowest BCUT2D eigenvalue weighted by atomic mass is 10.1. The normalized spacial score (nSPS) is 10.5. The largest absolute Gasteiger partial charge is 0.352 e. The van der Waals surface area contributed by atoms with Gasteiger partial charge in [0, 0.05) is 34.9 Å². The third kappa shape index (κ3) is 4.77. The van der Waals surface area contributed by atoms with Crippen molar-refractivity contribution in [3.63, 3.8) is 0 Å². The van der Waals surface area contributed by atoms with Gasteiger partial charge in [-0.25, -0.2) is 0 Å². The first kappa shape index (κ1) is 16.4. The molecule has 0 saturated carbocycles. The van der Waals surface area contributed by atoms with Gasteiger partial charge in [0.25, 0.3) is 5.56 Å². The second-order valence-corrected chi connectivity index (χ2v) is 6.30. The highest BCUT2D eigenvalue weighted by atomic mass is 32.2. The zero-order valence-electron chi connectivity index (χ0n) is 12.8. The van der Waals surface area contributed by atoms with Gasteiger partial charge in [0.05, 0.1) is 0 Å². The van der Waals surface area contributed by atoms with Crippen LogP contribution in [0.3, 0.4) is 0 Å². The van der Waals surface area contributed by atoms with Crippen molar-refractivity contribution < 1.29 is 4.79 Å². The molecule has 4 nitrogen and oxygen atoms in total. The van der Waals surface area contributed by atoms with Gasteiger partial charge >= 0.3 is 0 Å². The second kappa shape index (κ2) is 7.84. The van der Waals surface area contributed by atoms with Gasteiger partial charge in [-0.3, -0.25) is 9.59 Å². The Morgan fingerprint density at radius 3 is 2.64 bits per heavy atom. The highest BCUT2D eigenvalue weighted by molar-refractivity contribution is 7.99. The van der Waals surface area contributed by atoms with E-state index in [1.807, 2.05) is 50.2 Å². The van der Waals surface area contributed by atoms with Gasteiger partial charge in [-0.2, -0.15) is 0 Å². The monoisotopic (exact) mass is 316 g/mol. The molecule has 2 rings (SSSR count). The summed E-state index contributed by atoms with van der Waals surface area (Å²) in [6, 6.07) is 11.9. The van der Waals surface area contributed by atoms with Crippen molar-refractivity contribution >= 4 is 17.7 Å². The van der Waals surface area contributed by atoms with E-state index >= 15 is 0 Å². The number of pyridine rings is 1. The second-order valence-electron chi connectivity index (χ2n) is 5.13. The maximum Gasteiger partial charge on any atom is 0.253 e. The summed E-state index contributed by atoms with van der Waals surface area (Å²) in [5.41, 5.74) is 2.23. The number of carbonyl (C=O) groups excluding carboxylic acids is 1. The molecule has 1 heterocycles. The molecular weight excluding hydrogens is 296 g/mol. The van der Waals surface area contributed by atoms with Crippen LogP contribution in [-0.2, 0) is 11.3 Å². The van der Waals surface area contributed by atoms with Gasteiger partial charge < -0.3 is 10.3 Å². The molecule has 116 valence electrons. The van der Waals surface area contributed by atoms with E-state index in [-0.39, 0.29) is 18.0 Å².